The Morgan fingerprint density at radius 1 is 1.50 bits per heavy atom. The van der Waals surface area contributed by atoms with Crippen LogP contribution in [0.15, 0.2) is 5.38 Å². The summed E-state index contributed by atoms with van der Waals surface area (Å²) in [6.07, 6.45) is 0.559. The van der Waals surface area contributed by atoms with Gasteiger partial charge >= 0.3 is 5.97 Å². The van der Waals surface area contributed by atoms with Gasteiger partial charge in [-0.2, -0.15) is 0 Å². The predicted molar refractivity (Wildman–Crippen MR) is 69.6 cm³/mol. The molecule has 0 aliphatic heterocycles. The summed E-state index contributed by atoms with van der Waals surface area (Å²) < 4.78 is 0. The normalized spacial score (nSPS) is 12.4. The molecule has 6 heteroatoms. The first-order valence-corrected chi connectivity index (χ1v) is 6.69. The standard InChI is InChI=1S/C12H18N2O3S/c1-7(2)4-10(12(16)17)14-11(15)5-9-6-18-8(3)13-9/h6-7,10H,4-5H2,1-3H3,(H,14,15)(H,16,17)/t10-/m1/s1. The molecule has 0 bridgehead atoms. The quantitative estimate of drug-likeness (QED) is 0.823. The highest BCUT2D eigenvalue weighted by atomic mass is 32.1. The molecule has 0 fully saturated rings. The van der Waals surface area contributed by atoms with Crippen molar-refractivity contribution < 1.29 is 14.7 Å². The number of nitrogens with zero attached hydrogens (tertiary/aromatic N) is 1. The highest BCUT2D eigenvalue weighted by Gasteiger charge is 2.21. The van der Waals surface area contributed by atoms with Crippen molar-refractivity contribution in [2.24, 2.45) is 5.92 Å². The maximum atomic E-state index is 11.7. The Labute approximate surface area is 110 Å². The van der Waals surface area contributed by atoms with Crippen LogP contribution < -0.4 is 5.32 Å². The Balaban J connectivity index is 2.53. The minimum atomic E-state index is -0.994. The average Bonchev–Trinajstić information content (AvgIpc) is 2.62. The highest BCUT2D eigenvalue weighted by molar-refractivity contribution is 7.09. The largest absolute Gasteiger partial charge is 0.480 e. The lowest BCUT2D eigenvalue weighted by molar-refractivity contribution is -0.142. The van der Waals surface area contributed by atoms with Gasteiger partial charge in [0.15, 0.2) is 0 Å². The van der Waals surface area contributed by atoms with E-state index in [1.807, 2.05) is 26.2 Å². The van der Waals surface area contributed by atoms with Gasteiger partial charge < -0.3 is 10.4 Å². The lowest BCUT2D eigenvalue weighted by Gasteiger charge is -2.16. The van der Waals surface area contributed by atoms with E-state index >= 15 is 0 Å². The van der Waals surface area contributed by atoms with Crippen LogP contribution in [0.2, 0.25) is 0 Å². The molecule has 2 N–H and O–H groups in total. The van der Waals surface area contributed by atoms with Crippen LogP contribution in [0.4, 0.5) is 0 Å². The molecule has 100 valence electrons. The Morgan fingerprint density at radius 3 is 2.61 bits per heavy atom. The second kappa shape index (κ2) is 6.49. The molecule has 1 aromatic rings. The zero-order valence-corrected chi connectivity index (χ0v) is 11.6. The molecular formula is C12H18N2O3S. The summed E-state index contributed by atoms with van der Waals surface area (Å²) in [5.41, 5.74) is 0.684. The fourth-order valence-corrected chi connectivity index (χ4v) is 2.20. The van der Waals surface area contributed by atoms with Gasteiger partial charge in [0, 0.05) is 5.38 Å². The summed E-state index contributed by atoms with van der Waals surface area (Å²) in [5, 5.41) is 14.3. The van der Waals surface area contributed by atoms with Gasteiger partial charge in [-0.1, -0.05) is 13.8 Å². The molecule has 0 aromatic carbocycles. The smallest absolute Gasteiger partial charge is 0.326 e. The molecule has 0 unspecified atom stereocenters. The number of hydrogen-bond donors (Lipinski definition) is 2. The van der Waals surface area contributed by atoms with Crippen molar-refractivity contribution in [3.05, 3.63) is 16.1 Å². The molecule has 0 aliphatic rings. The van der Waals surface area contributed by atoms with Crippen molar-refractivity contribution in [1.29, 1.82) is 0 Å². The number of aromatic nitrogens is 1. The average molecular weight is 270 g/mol. The number of rotatable bonds is 6. The van der Waals surface area contributed by atoms with Gasteiger partial charge in [0.1, 0.15) is 6.04 Å². The number of aliphatic carboxylic acids is 1. The number of thiazole rings is 1. The third-order valence-corrected chi connectivity index (χ3v) is 3.17. The number of aryl methyl sites for hydroxylation is 1. The van der Waals surface area contributed by atoms with Crippen molar-refractivity contribution in [1.82, 2.24) is 10.3 Å². The number of amides is 1. The fraction of sp³-hybridized carbons (Fsp3) is 0.583. The van der Waals surface area contributed by atoms with E-state index in [9.17, 15) is 9.59 Å². The number of carbonyl (C=O) groups is 2. The summed E-state index contributed by atoms with van der Waals surface area (Å²) >= 11 is 1.47. The van der Waals surface area contributed by atoms with Crippen LogP contribution >= 0.6 is 11.3 Å². The molecule has 5 nitrogen and oxygen atoms in total. The van der Waals surface area contributed by atoms with E-state index in [4.69, 9.17) is 5.11 Å². The molecule has 0 spiro atoms. The topological polar surface area (TPSA) is 79.3 Å². The number of carboxylic acids is 1. The molecule has 0 radical (unpaired) electrons. The van der Waals surface area contributed by atoms with Crippen molar-refractivity contribution in [3.63, 3.8) is 0 Å². The molecule has 0 aliphatic carbocycles. The summed E-state index contributed by atoms with van der Waals surface area (Å²) in [7, 11) is 0. The van der Waals surface area contributed by atoms with Crippen molar-refractivity contribution in [3.8, 4) is 0 Å². The Hall–Kier alpha value is -1.43. The third-order valence-electron chi connectivity index (χ3n) is 2.35. The Kier molecular flexibility index (Phi) is 5.27. The molecule has 18 heavy (non-hydrogen) atoms. The van der Waals surface area contributed by atoms with Crippen LogP contribution in [0, 0.1) is 12.8 Å². The lowest BCUT2D eigenvalue weighted by Crippen LogP contribution is -2.42. The molecule has 1 atom stereocenters. The number of carbonyl (C=O) groups excluding carboxylic acids is 1. The monoisotopic (exact) mass is 270 g/mol. The van der Waals surface area contributed by atoms with E-state index in [0.29, 0.717) is 12.1 Å². The second-order valence-electron chi connectivity index (χ2n) is 4.62. The molecule has 1 amide bonds. The Morgan fingerprint density at radius 2 is 2.17 bits per heavy atom. The zero-order chi connectivity index (χ0) is 13.7. The van der Waals surface area contributed by atoms with Crippen LogP contribution in [-0.2, 0) is 16.0 Å². The first-order valence-electron chi connectivity index (χ1n) is 5.81. The van der Waals surface area contributed by atoms with Gasteiger partial charge in [0.25, 0.3) is 0 Å². The summed E-state index contributed by atoms with van der Waals surface area (Å²) in [6.45, 7) is 5.71. The summed E-state index contributed by atoms with van der Waals surface area (Å²) in [6, 6.07) is -0.822. The van der Waals surface area contributed by atoms with E-state index < -0.39 is 12.0 Å². The van der Waals surface area contributed by atoms with Crippen LogP contribution in [0.25, 0.3) is 0 Å². The molecule has 0 saturated carbocycles. The van der Waals surface area contributed by atoms with Gasteiger partial charge in [-0.15, -0.1) is 11.3 Å². The number of carboxylic acid groups (broad SMARTS) is 1. The maximum absolute atomic E-state index is 11.7. The number of nitrogens with one attached hydrogen (secondary N) is 1. The van der Waals surface area contributed by atoms with Crippen LogP contribution in [0.1, 0.15) is 31.0 Å². The van der Waals surface area contributed by atoms with Gasteiger partial charge in [-0.05, 0) is 19.3 Å². The van der Waals surface area contributed by atoms with Crippen molar-refractivity contribution >= 4 is 23.2 Å². The van der Waals surface area contributed by atoms with Crippen LogP contribution in [-0.4, -0.2) is 28.0 Å². The van der Waals surface area contributed by atoms with Crippen LogP contribution in [0.5, 0.6) is 0 Å². The first kappa shape index (κ1) is 14.6. The molecule has 1 heterocycles. The molecule has 1 rings (SSSR count). The summed E-state index contributed by atoms with van der Waals surface area (Å²) in [4.78, 5) is 26.9. The highest BCUT2D eigenvalue weighted by Crippen LogP contribution is 2.09. The van der Waals surface area contributed by atoms with E-state index in [0.717, 1.165) is 5.01 Å². The Bertz CT molecular complexity index is 429. The summed E-state index contributed by atoms with van der Waals surface area (Å²) in [5.74, 6) is -1.08. The lowest BCUT2D eigenvalue weighted by atomic mass is 10.0. The van der Waals surface area contributed by atoms with Crippen molar-refractivity contribution in [2.45, 2.75) is 39.7 Å². The van der Waals surface area contributed by atoms with E-state index in [1.54, 1.807) is 0 Å². The van der Waals surface area contributed by atoms with E-state index in [-0.39, 0.29) is 18.2 Å². The molecule has 1 aromatic heterocycles. The fourth-order valence-electron chi connectivity index (χ4n) is 1.59. The van der Waals surface area contributed by atoms with E-state index in [2.05, 4.69) is 10.3 Å². The minimum absolute atomic E-state index is 0.131. The zero-order valence-electron chi connectivity index (χ0n) is 10.8. The second-order valence-corrected chi connectivity index (χ2v) is 5.68. The van der Waals surface area contributed by atoms with E-state index in [1.165, 1.54) is 11.3 Å². The van der Waals surface area contributed by atoms with Gasteiger partial charge in [0.05, 0.1) is 17.1 Å². The van der Waals surface area contributed by atoms with Crippen molar-refractivity contribution in [2.75, 3.05) is 0 Å². The van der Waals surface area contributed by atoms with Gasteiger partial charge in [-0.3, -0.25) is 4.79 Å². The maximum Gasteiger partial charge on any atom is 0.326 e. The number of hydrogen-bond acceptors (Lipinski definition) is 4. The van der Waals surface area contributed by atoms with Gasteiger partial charge in [0.2, 0.25) is 5.91 Å². The molecular weight excluding hydrogens is 252 g/mol. The third kappa shape index (κ3) is 4.83. The molecule has 0 saturated heterocycles. The van der Waals surface area contributed by atoms with Crippen LogP contribution in [0.3, 0.4) is 0 Å². The van der Waals surface area contributed by atoms with Gasteiger partial charge in [-0.25, -0.2) is 9.78 Å². The predicted octanol–water partition coefficient (Wildman–Crippen LogP) is 1.61. The minimum Gasteiger partial charge on any atom is -0.480 e. The SMILES string of the molecule is Cc1nc(CC(=O)N[C@H](CC(C)C)C(=O)O)cs1. The first-order chi connectivity index (χ1) is 8.38.